The Morgan fingerprint density at radius 1 is 1.14 bits per heavy atom. The van der Waals surface area contributed by atoms with Gasteiger partial charge in [0.2, 0.25) is 0 Å². The van der Waals surface area contributed by atoms with Gasteiger partial charge in [0.1, 0.15) is 0 Å². The van der Waals surface area contributed by atoms with E-state index in [0.29, 0.717) is 0 Å². The summed E-state index contributed by atoms with van der Waals surface area (Å²) in [5.74, 6) is 0. The highest BCUT2D eigenvalue weighted by Crippen LogP contribution is 2.45. The Morgan fingerprint density at radius 2 is 1.79 bits per heavy atom. The van der Waals surface area contributed by atoms with Gasteiger partial charge >= 0.3 is 0 Å². The van der Waals surface area contributed by atoms with Gasteiger partial charge < -0.3 is 0 Å². The van der Waals surface area contributed by atoms with Crippen molar-refractivity contribution in [2.75, 3.05) is 18.8 Å². The van der Waals surface area contributed by atoms with E-state index in [1.54, 1.807) is 0 Å². The van der Waals surface area contributed by atoms with Crippen LogP contribution >= 0.6 is 10.0 Å². The maximum atomic E-state index is 2.41. The summed E-state index contributed by atoms with van der Waals surface area (Å²) in [6.07, 6.45) is 9.52. The van der Waals surface area contributed by atoms with Crippen molar-refractivity contribution in [2.24, 2.45) is 0 Å². The van der Waals surface area contributed by atoms with Crippen molar-refractivity contribution >= 4 is 10.0 Å². The fraction of sp³-hybridized carbons (Fsp3) is 0.538. The normalized spacial score (nSPS) is 12.9. The highest BCUT2D eigenvalue weighted by atomic mass is 32.3. The van der Waals surface area contributed by atoms with Crippen molar-refractivity contribution in [3.63, 3.8) is 0 Å². The van der Waals surface area contributed by atoms with E-state index in [1.165, 1.54) is 28.9 Å². The first-order valence-electron chi connectivity index (χ1n) is 5.23. The maximum Gasteiger partial charge on any atom is -0.0103 e. The van der Waals surface area contributed by atoms with Crippen LogP contribution in [0.25, 0.3) is 0 Å². The van der Waals surface area contributed by atoms with Crippen LogP contribution in [0.15, 0.2) is 23.1 Å². The van der Waals surface area contributed by atoms with Gasteiger partial charge in [-0.3, -0.25) is 0 Å². The molecule has 1 heteroatoms. The van der Waals surface area contributed by atoms with Crippen molar-refractivity contribution in [2.45, 2.75) is 31.6 Å². The topological polar surface area (TPSA) is 0 Å². The van der Waals surface area contributed by atoms with Crippen LogP contribution < -0.4 is 0 Å². The summed E-state index contributed by atoms with van der Waals surface area (Å²) in [5.41, 5.74) is 2.98. The molecule has 0 aliphatic carbocycles. The standard InChI is InChI=1S/C13H22S/c1-6-7-12-10-13(14(3,4)5)9-8-11(12)2/h8-10H,6-7H2,1-5H3. The summed E-state index contributed by atoms with van der Waals surface area (Å²) >= 11 is 0. The molecule has 0 aliphatic rings. The number of hydrogen-bond acceptors (Lipinski definition) is 0. The largest absolute Gasteiger partial charge is 0.223 e. The van der Waals surface area contributed by atoms with Gasteiger partial charge in [0, 0.05) is 0 Å². The highest BCUT2D eigenvalue weighted by Gasteiger charge is 2.09. The number of rotatable bonds is 3. The van der Waals surface area contributed by atoms with Crippen LogP contribution in [0.2, 0.25) is 0 Å². The molecule has 0 bridgehead atoms. The van der Waals surface area contributed by atoms with E-state index in [4.69, 9.17) is 0 Å². The molecular formula is C13H22S. The molecule has 0 atom stereocenters. The molecule has 1 rings (SSSR count). The van der Waals surface area contributed by atoms with Gasteiger partial charge in [0.15, 0.2) is 0 Å². The Kier molecular flexibility index (Phi) is 3.65. The summed E-state index contributed by atoms with van der Waals surface area (Å²) in [7, 11) is -0.560. The minimum absolute atomic E-state index is 0.560. The molecule has 14 heavy (non-hydrogen) atoms. The van der Waals surface area contributed by atoms with Crippen LogP contribution in [-0.4, -0.2) is 18.8 Å². The van der Waals surface area contributed by atoms with Crippen molar-refractivity contribution in [3.05, 3.63) is 29.3 Å². The third-order valence-electron chi connectivity index (χ3n) is 2.55. The van der Waals surface area contributed by atoms with E-state index in [-0.39, 0.29) is 0 Å². The Hall–Kier alpha value is -0.430. The summed E-state index contributed by atoms with van der Waals surface area (Å²) in [6, 6.07) is 6.98. The quantitative estimate of drug-likeness (QED) is 0.707. The minimum atomic E-state index is -0.560. The first-order chi connectivity index (χ1) is 6.45. The van der Waals surface area contributed by atoms with Crippen LogP contribution in [0.1, 0.15) is 24.5 Å². The van der Waals surface area contributed by atoms with Gasteiger partial charge in [-0.1, -0.05) is 19.4 Å². The molecule has 0 nitrogen and oxygen atoms in total. The second-order valence-corrected chi connectivity index (χ2v) is 8.82. The summed E-state index contributed by atoms with van der Waals surface area (Å²) in [5, 5.41) is 0. The van der Waals surface area contributed by atoms with Gasteiger partial charge in [-0.25, -0.2) is 10.0 Å². The van der Waals surface area contributed by atoms with E-state index in [0.717, 1.165) is 0 Å². The average Bonchev–Trinajstić information content (AvgIpc) is 2.07. The second-order valence-electron chi connectivity index (χ2n) is 4.68. The number of benzene rings is 1. The van der Waals surface area contributed by atoms with E-state index in [1.807, 2.05) is 0 Å². The fourth-order valence-corrected chi connectivity index (χ4v) is 2.54. The van der Waals surface area contributed by atoms with Crippen LogP contribution in [0.3, 0.4) is 0 Å². The molecule has 0 spiro atoms. The van der Waals surface area contributed by atoms with Crippen LogP contribution in [-0.2, 0) is 6.42 Å². The predicted octanol–water partition coefficient (Wildman–Crippen LogP) is 4.00. The molecular weight excluding hydrogens is 188 g/mol. The molecule has 0 saturated carbocycles. The molecule has 1 aromatic rings. The van der Waals surface area contributed by atoms with Crippen LogP contribution in [0.5, 0.6) is 0 Å². The Morgan fingerprint density at radius 3 is 2.29 bits per heavy atom. The van der Waals surface area contributed by atoms with Crippen LogP contribution in [0, 0.1) is 6.92 Å². The molecule has 1 aromatic carbocycles. The van der Waals surface area contributed by atoms with Gasteiger partial charge in [-0.2, -0.15) is 0 Å². The zero-order valence-electron chi connectivity index (χ0n) is 10.1. The molecule has 0 fully saturated rings. The molecule has 0 unspecified atom stereocenters. The van der Waals surface area contributed by atoms with E-state index >= 15 is 0 Å². The van der Waals surface area contributed by atoms with Crippen molar-refractivity contribution in [3.8, 4) is 0 Å². The molecule has 0 saturated heterocycles. The monoisotopic (exact) mass is 210 g/mol. The summed E-state index contributed by atoms with van der Waals surface area (Å²) in [6.45, 7) is 4.46. The Balaban J connectivity index is 3.06. The third kappa shape index (κ3) is 2.78. The molecule has 0 amide bonds. The minimum Gasteiger partial charge on any atom is -0.223 e. The van der Waals surface area contributed by atoms with Gasteiger partial charge in [0.25, 0.3) is 0 Å². The zero-order valence-corrected chi connectivity index (χ0v) is 10.9. The van der Waals surface area contributed by atoms with Gasteiger partial charge in [0.05, 0.1) is 0 Å². The fourth-order valence-electron chi connectivity index (χ4n) is 1.57. The molecule has 0 aliphatic heterocycles. The smallest absolute Gasteiger partial charge is 0.0103 e. The Labute approximate surface area is 90.0 Å². The van der Waals surface area contributed by atoms with Gasteiger partial charge in [-0.05, 0) is 60.3 Å². The lowest BCUT2D eigenvalue weighted by molar-refractivity contribution is 0.908. The SMILES string of the molecule is CCCc1cc(S(C)(C)C)ccc1C. The maximum absolute atomic E-state index is 2.41. The van der Waals surface area contributed by atoms with Crippen molar-refractivity contribution in [1.82, 2.24) is 0 Å². The predicted molar refractivity (Wildman–Crippen MR) is 68.8 cm³/mol. The lowest BCUT2D eigenvalue weighted by Crippen LogP contribution is -1.96. The van der Waals surface area contributed by atoms with Crippen molar-refractivity contribution in [1.29, 1.82) is 0 Å². The second kappa shape index (κ2) is 4.39. The lowest BCUT2D eigenvalue weighted by atomic mass is 10.0. The molecule has 80 valence electrons. The van der Waals surface area contributed by atoms with Crippen molar-refractivity contribution < 1.29 is 0 Å². The highest BCUT2D eigenvalue weighted by molar-refractivity contribution is 8.32. The molecule has 0 radical (unpaired) electrons. The average molecular weight is 210 g/mol. The first kappa shape index (κ1) is 11.6. The summed E-state index contributed by atoms with van der Waals surface area (Å²) in [4.78, 5) is 1.53. The zero-order chi connectivity index (χ0) is 10.8. The first-order valence-corrected chi connectivity index (χ1v) is 8.09. The third-order valence-corrected chi connectivity index (χ3v) is 4.22. The number of hydrogen-bond donors (Lipinski definition) is 0. The molecule has 0 aromatic heterocycles. The molecule has 0 N–H and O–H groups in total. The van der Waals surface area contributed by atoms with E-state index < -0.39 is 10.0 Å². The lowest BCUT2D eigenvalue weighted by Gasteiger charge is -2.26. The molecule has 0 heterocycles. The van der Waals surface area contributed by atoms with Gasteiger partial charge in [-0.15, -0.1) is 0 Å². The number of aryl methyl sites for hydroxylation is 2. The van der Waals surface area contributed by atoms with E-state index in [2.05, 4.69) is 50.8 Å². The van der Waals surface area contributed by atoms with Crippen LogP contribution in [0.4, 0.5) is 0 Å². The summed E-state index contributed by atoms with van der Waals surface area (Å²) < 4.78 is 0. The van der Waals surface area contributed by atoms with E-state index in [9.17, 15) is 0 Å². The Bertz CT molecular complexity index is 308.